The molecule has 0 aromatic heterocycles. The lowest BCUT2D eigenvalue weighted by atomic mass is 9.45. The summed E-state index contributed by atoms with van der Waals surface area (Å²) in [5.41, 5.74) is 2.96. The molecule has 2 spiro atoms. The number of allylic oxidation sites excluding steroid dienone is 2. The van der Waals surface area contributed by atoms with Crippen LogP contribution < -0.4 is 0 Å². The molecule has 3 aliphatic heterocycles. The Labute approximate surface area is 234 Å². The van der Waals surface area contributed by atoms with Crippen LogP contribution in [0.4, 0.5) is 0 Å². The smallest absolute Gasteiger partial charge is 0.314 e. The molecule has 1 aromatic carbocycles. The summed E-state index contributed by atoms with van der Waals surface area (Å²) >= 11 is 0. The van der Waals surface area contributed by atoms with Crippen LogP contribution in [0.3, 0.4) is 0 Å². The highest BCUT2D eigenvalue weighted by Gasteiger charge is 2.86. The predicted octanol–water partition coefficient (Wildman–Crippen LogP) is 7.40. The quantitative estimate of drug-likeness (QED) is 0.385. The van der Waals surface area contributed by atoms with E-state index >= 15 is 0 Å². The van der Waals surface area contributed by atoms with Gasteiger partial charge >= 0.3 is 11.9 Å². The van der Waals surface area contributed by atoms with Crippen molar-refractivity contribution in [2.45, 2.75) is 112 Å². The van der Waals surface area contributed by atoms with E-state index in [0.717, 1.165) is 55.3 Å². The van der Waals surface area contributed by atoms with Crippen LogP contribution in [0.15, 0.2) is 30.3 Å². The average molecular weight is 549 g/mol. The minimum Gasteiger partial charge on any atom is -0.481 e. The first kappa shape index (κ1) is 25.0. The van der Waals surface area contributed by atoms with Gasteiger partial charge in [0.05, 0.1) is 10.8 Å². The van der Waals surface area contributed by atoms with Crippen LogP contribution in [0.2, 0.25) is 0 Å². The number of aliphatic carboxylic acids is 2. The summed E-state index contributed by atoms with van der Waals surface area (Å²) in [5, 5.41) is 21.5. The van der Waals surface area contributed by atoms with Crippen molar-refractivity contribution in [1.82, 2.24) is 0 Å². The summed E-state index contributed by atoms with van der Waals surface area (Å²) in [4.78, 5) is 24.6. The molecule has 0 amide bonds. The van der Waals surface area contributed by atoms with Crippen molar-refractivity contribution in [2.75, 3.05) is 5.75 Å². The molecule has 210 valence electrons. The molecule has 0 radical (unpaired) electrons. The molecule has 8 atom stereocenters. The van der Waals surface area contributed by atoms with Crippen molar-refractivity contribution < 1.29 is 19.8 Å². The fourth-order valence-corrected chi connectivity index (χ4v) is 20.7. The van der Waals surface area contributed by atoms with E-state index in [2.05, 4.69) is 51.1 Å². The van der Waals surface area contributed by atoms with E-state index in [-0.39, 0.29) is 10.8 Å². The van der Waals surface area contributed by atoms with Gasteiger partial charge < -0.3 is 10.2 Å². The minimum absolute atomic E-state index is 0.0591. The second-order valence-electron chi connectivity index (χ2n) is 15.3. The number of hydrogen-bond acceptors (Lipinski definition) is 2. The summed E-state index contributed by atoms with van der Waals surface area (Å²) in [6.07, 6.45) is 14.5. The number of rotatable bonds is 4. The summed E-state index contributed by atoms with van der Waals surface area (Å²) in [7, 11) is -0.843. The summed E-state index contributed by atoms with van der Waals surface area (Å²) in [5.74, 6) is 1.57. The van der Waals surface area contributed by atoms with Gasteiger partial charge in [0.2, 0.25) is 0 Å². The van der Waals surface area contributed by atoms with Crippen molar-refractivity contribution >= 4 is 27.5 Å². The molecular formula is C34H44O4S. The molecule has 8 rings (SSSR count). The third-order valence-electron chi connectivity index (χ3n) is 14.2. The maximum atomic E-state index is 12.7. The number of benzene rings is 1. The minimum atomic E-state index is -0.843. The highest BCUT2D eigenvalue weighted by atomic mass is 32.3. The van der Waals surface area contributed by atoms with Crippen LogP contribution in [0.5, 0.6) is 0 Å². The van der Waals surface area contributed by atoms with Gasteiger partial charge in [-0.2, -0.15) is 0 Å². The first-order chi connectivity index (χ1) is 18.5. The number of carboxylic acids is 2. The van der Waals surface area contributed by atoms with E-state index in [4.69, 9.17) is 0 Å². The van der Waals surface area contributed by atoms with Crippen LogP contribution >= 0.6 is 10.0 Å². The molecular weight excluding hydrogens is 504 g/mol. The first-order valence-corrected chi connectivity index (χ1v) is 17.5. The van der Waals surface area contributed by atoms with Crippen molar-refractivity contribution in [2.24, 2.45) is 28.1 Å². The fourth-order valence-electron chi connectivity index (χ4n) is 12.5. The highest BCUT2D eigenvalue weighted by molar-refractivity contribution is 8.42. The van der Waals surface area contributed by atoms with Gasteiger partial charge in [0, 0.05) is 15.2 Å². The third kappa shape index (κ3) is 2.63. The third-order valence-corrected chi connectivity index (χ3v) is 20.4. The van der Waals surface area contributed by atoms with Gasteiger partial charge in [-0.1, -0.05) is 57.5 Å². The Morgan fingerprint density at radius 1 is 0.821 bits per heavy atom. The van der Waals surface area contributed by atoms with Gasteiger partial charge in [0.25, 0.3) is 0 Å². The van der Waals surface area contributed by atoms with Crippen LogP contribution in [-0.4, -0.2) is 43.2 Å². The Bertz CT molecular complexity index is 1320. The summed E-state index contributed by atoms with van der Waals surface area (Å²) < 4.78 is 0.475. The molecule has 5 heteroatoms. The molecule has 7 aliphatic rings. The van der Waals surface area contributed by atoms with Crippen LogP contribution in [0.1, 0.15) is 103 Å². The second-order valence-corrected chi connectivity index (χ2v) is 19.3. The Morgan fingerprint density at radius 2 is 1.56 bits per heavy atom. The number of carboxylic acid groups (broad SMARTS) is 2. The maximum absolute atomic E-state index is 12.7. The van der Waals surface area contributed by atoms with Crippen molar-refractivity contribution in [3.8, 4) is 0 Å². The van der Waals surface area contributed by atoms with Crippen molar-refractivity contribution in [1.29, 1.82) is 0 Å². The van der Waals surface area contributed by atoms with Crippen LogP contribution in [0, 0.1) is 28.1 Å². The summed E-state index contributed by atoms with van der Waals surface area (Å²) in [6, 6.07) is 8.53. The lowest BCUT2D eigenvalue weighted by Gasteiger charge is -2.59. The second kappa shape index (κ2) is 7.36. The van der Waals surface area contributed by atoms with Crippen molar-refractivity contribution in [3.05, 3.63) is 41.5 Å². The zero-order valence-electron chi connectivity index (χ0n) is 23.8. The van der Waals surface area contributed by atoms with E-state index < -0.39 is 32.8 Å². The summed E-state index contributed by atoms with van der Waals surface area (Å²) in [6.45, 7) is 7.56. The highest BCUT2D eigenvalue weighted by Crippen LogP contribution is 2.99. The molecule has 2 N–H and O–H groups in total. The molecule has 6 unspecified atom stereocenters. The molecule has 3 heterocycles. The van der Waals surface area contributed by atoms with E-state index in [9.17, 15) is 19.8 Å². The molecule has 3 saturated carbocycles. The van der Waals surface area contributed by atoms with Crippen molar-refractivity contribution in [3.63, 3.8) is 0 Å². The van der Waals surface area contributed by atoms with E-state index in [0.29, 0.717) is 15.9 Å². The fraction of sp³-hybridized carbons (Fsp3) is 0.706. The van der Waals surface area contributed by atoms with Gasteiger partial charge in [-0.05, 0) is 109 Å². The molecule has 1 aromatic rings. The molecule has 3 saturated heterocycles. The Balaban J connectivity index is 1.13. The standard InChI is InChI=1S/C34H44O4S/c1-30(2)23(21-6-8-22(9-7-21)32(18-19-32)28(35)36)10-15-31(3)24(30)11-17-34-25(31)13-20-39(34)26-5-4-14-33(26,29(37)38)16-12-27(34)39/h6-10,24-27H,4-5,11-20H2,1-3H3,(H,35,36)(H,37,38)/t24?,25?,26?,27?,31-,33-,34?/m0/s1. The average Bonchev–Trinajstić information content (AvgIpc) is 3.69. The molecule has 6 fully saturated rings. The molecule has 4 nitrogen and oxygen atoms in total. The Kier molecular flexibility index (Phi) is 4.72. The van der Waals surface area contributed by atoms with Crippen LogP contribution in [0.25, 0.3) is 5.57 Å². The van der Waals surface area contributed by atoms with Gasteiger partial charge in [-0.3, -0.25) is 9.59 Å². The topological polar surface area (TPSA) is 74.6 Å². The predicted molar refractivity (Wildman–Crippen MR) is 156 cm³/mol. The van der Waals surface area contributed by atoms with E-state index in [1.807, 2.05) is 0 Å². The van der Waals surface area contributed by atoms with Gasteiger partial charge in [-0.15, -0.1) is 0 Å². The zero-order chi connectivity index (χ0) is 27.2. The van der Waals surface area contributed by atoms with E-state index in [1.165, 1.54) is 49.0 Å². The number of hydrogen-bond donors (Lipinski definition) is 2. The first-order valence-electron chi connectivity index (χ1n) is 15.6. The van der Waals surface area contributed by atoms with Gasteiger partial charge in [-0.25, -0.2) is 10.0 Å². The number of fused-ring (bicyclic) bond motifs is 3. The zero-order valence-corrected chi connectivity index (χ0v) is 24.6. The Hall–Kier alpha value is -1.75. The SMILES string of the molecule is CC1(C)C(c2ccc(C3(C(=O)O)CC3)cc2)=CC[C@@]2(C)C1CCC13C2CCS12C3CC[C@@]1(C(=O)O)CCCC12. The van der Waals surface area contributed by atoms with Gasteiger partial charge in [0.1, 0.15) is 0 Å². The Morgan fingerprint density at radius 3 is 2.23 bits per heavy atom. The molecule has 0 bridgehead atoms. The molecule has 4 aliphatic carbocycles. The maximum Gasteiger partial charge on any atom is 0.314 e. The van der Waals surface area contributed by atoms with Gasteiger partial charge in [0.15, 0.2) is 0 Å². The van der Waals surface area contributed by atoms with E-state index in [1.54, 1.807) is 0 Å². The lowest BCUT2D eigenvalue weighted by Crippen LogP contribution is -2.53. The number of carbonyl (C=O) groups is 2. The largest absolute Gasteiger partial charge is 0.481 e. The van der Waals surface area contributed by atoms with Crippen LogP contribution in [-0.2, 0) is 15.0 Å². The molecule has 39 heavy (non-hydrogen) atoms. The normalized spacial score (nSPS) is 49.2. The monoisotopic (exact) mass is 548 g/mol. The lowest BCUT2D eigenvalue weighted by molar-refractivity contribution is -0.149.